The second-order valence-electron chi connectivity index (χ2n) is 1.89. The molecule has 0 aliphatic carbocycles. The fraction of sp³-hybridized carbons (Fsp3) is 0.333. The van der Waals surface area contributed by atoms with Crippen molar-refractivity contribution < 1.29 is 4.90 Å². The van der Waals surface area contributed by atoms with E-state index in [1.165, 1.54) is 0 Å². The first-order valence-electron chi connectivity index (χ1n) is 2.99. The van der Waals surface area contributed by atoms with Gasteiger partial charge in [-0.3, -0.25) is 0 Å². The molecule has 0 aromatic carbocycles. The van der Waals surface area contributed by atoms with E-state index < -0.39 is 0 Å². The van der Waals surface area contributed by atoms with Crippen LogP contribution in [0.25, 0.3) is 0 Å². The normalized spacial score (nSPS) is 7.80. The lowest BCUT2D eigenvalue weighted by Gasteiger charge is -2.08. The molecule has 0 atom stereocenters. The van der Waals surface area contributed by atoms with Crippen molar-refractivity contribution in [3.05, 3.63) is 0 Å². The molecule has 0 rings (SSSR count). The molecule has 0 saturated heterocycles. The molecule has 0 aliphatic heterocycles. The Hall–Kier alpha value is -1.36. The molecular weight excluding hydrogens is 122 g/mol. The largest absolute Gasteiger partial charge is 0.305 e. The van der Waals surface area contributed by atoms with Gasteiger partial charge in [0.05, 0.1) is 0 Å². The quantitative estimate of drug-likeness (QED) is 0.459. The molecule has 1 nitrogen and oxygen atoms in total. The molecule has 0 unspecified atom stereocenters. The van der Waals surface area contributed by atoms with Crippen LogP contribution in [0.4, 0.5) is 0 Å². The van der Waals surface area contributed by atoms with Crippen LogP contribution in [0.1, 0.15) is 0 Å². The highest BCUT2D eigenvalue weighted by molar-refractivity contribution is 4.89. The van der Waals surface area contributed by atoms with E-state index >= 15 is 0 Å². The second-order valence-corrected chi connectivity index (χ2v) is 1.89. The lowest BCUT2D eigenvalue weighted by molar-refractivity contribution is -0.877. The first kappa shape index (κ1) is 8.64. The third-order valence-corrected chi connectivity index (χ3v) is 1.06. The maximum atomic E-state index is 5.08. The van der Waals surface area contributed by atoms with E-state index in [1.54, 1.807) is 0 Å². The predicted molar refractivity (Wildman–Crippen MR) is 42.1 cm³/mol. The van der Waals surface area contributed by atoms with Crippen molar-refractivity contribution in [2.24, 2.45) is 0 Å². The summed E-state index contributed by atoms with van der Waals surface area (Å²) in [7, 11) is 0. The van der Waals surface area contributed by atoms with Gasteiger partial charge in [-0.1, -0.05) is 0 Å². The van der Waals surface area contributed by atoms with E-state index in [9.17, 15) is 0 Å². The van der Waals surface area contributed by atoms with Crippen molar-refractivity contribution in [2.75, 3.05) is 19.6 Å². The Kier molecular flexibility index (Phi) is 4.99. The van der Waals surface area contributed by atoms with Gasteiger partial charge in [-0.25, -0.2) is 0 Å². The van der Waals surface area contributed by atoms with Gasteiger partial charge in [-0.05, 0) is 17.8 Å². The lowest BCUT2D eigenvalue weighted by atomic mass is 10.4. The van der Waals surface area contributed by atoms with E-state index in [4.69, 9.17) is 19.3 Å². The number of hydrogen-bond acceptors (Lipinski definition) is 0. The van der Waals surface area contributed by atoms with Crippen molar-refractivity contribution in [3.63, 3.8) is 0 Å². The van der Waals surface area contributed by atoms with Gasteiger partial charge in [0.15, 0.2) is 0 Å². The fourth-order valence-electron chi connectivity index (χ4n) is 0.621. The van der Waals surface area contributed by atoms with E-state index in [0.717, 1.165) is 4.90 Å². The predicted octanol–water partition coefficient (Wildman–Crippen LogP) is -1.23. The van der Waals surface area contributed by atoms with Gasteiger partial charge in [0.1, 0.15) is 19.6 Å². The highest BCUT2D eigenvalue weighted by Crippen LogP contribution is 1.48. The third kappa shape index (κ3) is 3.62. The van der Waals surface area contributed by atoms with Gasteiger partial charge >= 0.3 is 0 Å². The number of rotatable bonds is 3. The van der Waals surface area contributed by atoms with Crippen molar-refractivity contribution in [2.45, 2.75) is 0 Å². The van der Waals surface area contributed by atoms with Gasteiger partial charge in [-0.2, -0.15) is 0 Å². The van der Waals surface area contributed by atoms with Crippen molar-refractivity contribution >= 4 is 0 Å². The molecule has 0 heterocycles. The molecule has 0 aliphatic rings. The molecule has 10 heavy (non-hydrogen) atoms. The Morgan fingerprint density at radius 2 is 1.10 bits per heavy atom. The minimum atomic E-state index is 0.606. The minimum Gasteiger partial charge on any atom is -0.305 e. The molecule has 0 saturated carbocycles. The average molecular weight is 132 g/mol. The molecule has 1 N–H and O–H groups in total. The van der Waals surface area contributed by atoms with Crippen LogP contribution in [-0.4, -0.2) is 19.6 Å². The van der Waals surface area contributed by atoms with Crippen molar-refractivity contribution in [1.29, 1.82) is 0 Å². The van der Waals surface area contributed by atoms with Gasteiger partial charge in [0.2, 0.25) is 0 Å². The van der Waals surface area contributed by atoms with Crippen LogP contribution < -0.4 is 4.90 Å². The summed E-state index contributed by atoms with van der Waals surface area (Å²) in [5, 5.41) is 0. The molecule has 0 aromatic heterocycles. The van der Waals surface area contributed by atoms with Crippen LogP contribution in [0.2, 0.25) is 0 Å². The van der Waals surface area contributed by atoms with Gasteiger partial charge < -0.3 is 4.90 Å². The van der Waals surface area contributed by atoms with E-state index in [1.807, 2.05) is 0 Å². The molecular formula is C9H10N+. The summed E-state index contributed by atoms with van der Waals surface area (Å²) in [6.07, 6.45) is 15.2. The number of hydrogen-bond donors (Lipinski definition) is 1. The Morgan fingerprint density at radius 3 is 1.30 bits per heavy atom. The number of terminal acetylenes is 3. The smallest absolute Gasteiger partial charge is 0.140 e. The van der Waals surface area contributed by atoms with E-state index in [-0.39, 0.29) is 0 Å². The third-order valence-electron chi connectivity index (χ3n) is 1.06. The van der Waals surface area contributed by atoms with Gasteiger partial charge in [-0.15, -0.1) is 19.3 Å². The molecule has 0 bridgehead atoms. The monoisotopic (exact) mass is 132 g/mol. The summed E-state index contributed by atoms with van der Waals surface area (Å²) in [6, 6.07) is 0. The summed E-state index contributed by atoms with van der Waals surface area (Å²) in [6.45, 7) is 1.82. The van der Waals surface area contributed by atoms with Gasteiger partial charge in [0, 0.05) is 0 Å². The fourth-order valence-corrected chi connectivity index (χ4v) is 0.621. The van der Waals surface area contributed by atoms with Gasteiger partial charge in [0.25, 0.3) is 0 Å². The number of nitrogens with one attached hydrogen (secondary N) is 1. The molecule has 0 amide bonds. The maximum absolute atomic E-state index is 5.08. The zero-order valence-corrected chi connectivity index (χ0v) is 5.85. The minimum absolute atomic E-state index is 0.606. The molecule has 0 radical (unpaired) electrons. The average Bonchev–Trinajstić information content (AvgIpc) is 1.90. The van der Waals surface area contributed by atoms with Crippen LogP contribution in [0.3, 0.4) is 0 Å². The lowest BCUT2D eigenvalue weighted by Crippen LogP contribution is -3.11. The summed E-state index contributed by atoms with van der Waals surface area (Å²) in [5.41, 5.74) is 0. The van der Waals surface area contributed by atoms with Crippen molar-refractivity contribution in [1.82, 2.24) is 0 Å². The SMILES string of the molecule is C#CC[NH+](CC#C)CC#C. The van der Waals surface area contributed by atoms with Crippen LogP contribution in [0, 0.1) is 37.0 Å². The van der Waals surface area contributed by atoms with Crippen molar-refractivity contribution in [3.8, 4) is 37.0 Å². The van der Waals surface area contributed by atoms with Crippen LogP contribution in [0.5, 0.6) is 0 Å². The van der Waals surface area contributed by atoms with Crippen LogP contribution in [-0.2, 0) is 0 Å². The molecule has 0 fully saturated rings. The Labute approximate surface area is 62.4 Å². The standard InChI is InChI=1S/C9H9N/c1-4-7-10(8-5-2)9-6-3/h1-3H,7-9H2/p+1. The highest BCUT2D eigenvalue weighted by atomic mass is 15.1. The first-order valence-corrected chi connectivity index (χ1v) is 2.99. The topological polar surface area (TPSA) is 4.44 Å². The molecule has 50 valence electrons. The first-order chi connectivity index (χ1) is 4.85. The molecule has 1 heteroatoms. The zero-order valence-electron chi connectivity index (χ0n) is 5.85. The molecule has 0 spiro atoms. The number of quaternary nitrogens is 1. The summed E-state index contributed by atoms with van der Waals surface area (Å²) < 4.78 is 0. The Bertz CT molecular complexity index is 158. The summed E-state index contributed by atoms with van der Waals surface area (Å²) in [4.78, 5) is 1.08. The zero-order chi connectivity index (χ0) is 7.82. The highest BCUT2D eigenvalue weighted by Gasteiger charge is 1.99. The van der Waals surface area contributed by atoms with Crippen LogP contribution in [0.15, 0.2) is 0 Å². The summed E-state index contributed by atoms with van der Waals surface area (Å²) >= 11 is 0. The summed E-state index contributed by atoms with van der Waals surface area (Å²) in [5.74, 6) is 7.53. The van der Waals surface area contributed by atoms with E-state index in [0.29, 0.717) is 19.6 Å². The van der Waals surface area contributed by atoms with Crippen LogP contribution >= 0.6 is 0 Å². The maximum Gasteiger partial charge on any atom is 0.140 e. The molecule has 0 aromatic rings. The van der Waals surface area contributed by atoms with E-state index in [2.05, 4.69) is 17.8 Å². The Balaban J connectivity index is 3.68. The Morgan fingerprint density at radius 1 is 0.800 bits per heavy atom. The second kappa shape index (κ2) is 5.77.